The molecule has 0 saturated heterocycles. The fraction of sp³-hybridized carbons (Fsp3) is 1.00. The van der Waals surface area contributed by atoms with Crippen LogP contribution in [-0.2, 0) is 4.74 Å². The van der Waals surface area contributed by atoms with Gasteiger partial charge in [-0.2, -0.15) is 0 Å². The Kier molecular flexibility index (Phi) is 10.4. The fourth-order valence-corrected chi connectivity index (χ4v) is 1.67. The summed E-state index contributed by atoms with van der Waals surface area (Å²) in [6.07, 6.45) is 9.33. The number of aliphatic hydroxyl groups excluding tert-OH is 1. The first-order valence-electron chi connectivity index (χ1n) is 6.41. The minimum atomic E-state index is -0.121. The molecule has 0 aliphatic carbocycles. The largest absolute Gasteiger partial charge is 0.393 e. The molecule has 0 bridgehead atoms. The Morgan fingerprint density at radius 3 is 2.27 bits per heavy atom. The average Bonchev–Trinajstić information content (AvgIpc) is 2.25. The second-order valence-corrected chi connectivity index (χ2v) is 4.48. The number of rotatable bonds is 10. The Hall–Kier alpha value is -0.0800. The molecule has 0 heterocycles. The van der Waals surface area contributed by atoms with Gasteiger partial charge in [-0.15, -0.1) is 0 Å². The van der Waals surface area contributed by atoms with E-state index in [1.165, 1.54) is 32.1 Å². The molecule has 2 nitrogen and oxygen atoms in total. The van der Waals surface area contributed by atoms with E-state index in [-0.39, 0.29) is 12.2 Å². The molecule has 0 rings (SSSR count). The van der Waals surface area contributed by atoms with Gasteiger partial charge < -0.3 is 9.84 Å². The highest BCUT2D eigenvalue weighted by Gasteiger charge is 2.06. The summed E-state index contributed by atoms with van der Waals surface area (Å²) < 4.78 is 5.15. The topological polar surface area (TPSA) is 29.5 Å². The number of hydrogen-bond acceptors (Lipinski definition) is 2. The van der Waals surface area contributed by atoms with Gasteiger partial charge in [0.25, 0.3) is 0 Å². The van der Waals surface area contributed by atoms with E-state index in [9.17, 15) is 5.11 Å². The van der Waals surface area contributed by atoms with Gasteiger partial charge in [0.15, 0.2) is 0 Å². The van der Waals surface area contributed by atoms with Crippen LogP contribution in [0.1, 0.15) is 65.2 Å². The predicted octanol–water partition coefficient (Wildman–Crippen LogP) is 3.52. The Balaban J connectivity index is 3.21. The SMILES string of the molecule is CCCCCCCC(O)CCC(C)OC. The van der Waals surface area contributed by atoms with Crippen LogP contribution in [0.3, 0.4) is 0 Å². The summed E-state index contributed by atoms with van der Waals surface area (Å²) >= 11 is 0. The summed E-state index contributed by atoms with van der Waals surface area (Å²) in [5.41, 5.74) is 0. The van der Waals surface area contributed by atoms with E-state index in [2.05, 4.69) is 6.92 Å². The summed E-state index contributed by atoms with van der Waals surface area (Å²) in [7, 11) is 1.72. The minimum absolute atomic E-state index is 0.121. The van der Waals surface area contributed by atoms with Crippen molar-refractivity contribution < 1.29 is 9.84 Å². The normalized spacial score (nSPS) is 15.2. The van der Waals surface area contributed by atoms with E-state index in [1.54, 1.807) is 7.11 Å². The summed E-state index contributed by atoms with van der Waals surface area (Å²) in [6.45, 7) is 4.27. The highest BCUT2D eigenvalue weighted by molar-refractivity contribution is 4.59. The van der Waals surface area contributed by atoms with Crippen molar-refractivity contribution >= 4 is 0 Å². The molecule has 2 unspecified atom stereocenters. The molecule has 0 aliphatic heterocycles. The van der Waals surface area contributed by atoms with Gasteiger partial charge in [-0.3, -0.25) is 0 Å². The third kappa shape index (κ3) is 10.2. The molecule has 0 aliphatic rings. The van der Waals surface area contributed by atoms with E-state index in [0.29, 0.717) is 0 Å². The second kappa shape index (κ2) is 10.4. The van der Waals surface area contributed by atoms with Crippen molar-refractivity contribution in [1.82, 2.24) is 0 Å². The monoisotopic (exact) mass is 216 g/mol. The van der Waals surface area contributed by atoms with Gasteiger partial charge in [0, 0.05) is 7.11 Å². The number of unbranched alkanes of at least 4 members (excludes halogenated alkanes) is 4. The zero-order valence-corrected chi connectivity index (χ0v) is 10.7. The van der Waals surface area contributed by atoms with Crippen LogP contribution in [0.4, 0.5) is 0 Å². The van der Waals surface area contributed by atoms with Gasteiger partial charge in [-0.05, 0) is 26.2 Å². The lowest BCUT2D eigenvalue weighted by Crippen LogP contribution is -2.12. The molecule has 0 saturated carbocycles. The molecule has 2 atom stereocenters. The van der Waals surface area contributed by atoms with Crippen molar-refractivity contribution in [2.75, 3.05) is 7.11 Å². The van der Waals surface area contributed by atoms with Crippen LogP contribution in [0.5, 0.6) is 0 Å². The smallest absolute Gasteiger partial charge is 0.0544 e. The van der Waals surface area contributed by atoms with Gasteiger partial charge in [-0.1, -0.05) is 39.0 Å². The maximum Gasteiger partial charge on any atom is 0.0544 e. The third-order valence-electron chi connectivity index (χ3n) is 2.95. The molecule has 0 spiro atoms. The van der Waals surface area contributed by atoms with Gasteiger partial charge >= 0.3 is 0 Å². The first-order chi connectivity index (χ1) is 7.20. The van der Waals surface area contributed by atoms with E-state index >= 15 is 0 Å². The lowest BCUT2D eigenvalue weighted by atomic mass is 10.0. The molecule has 0 aromatic carbocycles. The summed E-state index contributed by atoms with van der Waals surface area (Å²) in [5.74, 6) is 0. The van der Waals surface area contributed by atoms with Crippen LogP contribution >= 0.6 is 0 Å². The Labute approximate surface area is 95.0 Å². The fourth-order valence-electron chi connectivity index (χ4n) is 1.67. The highest BCUT2D eigenvalue weighted by Crippen LogP contribution is 2.12. The maximum atomic E-state index is 9.69. The number of ether oxygens (including phenoxy) is 1. The minimum Gasteiger partial charge on any atom is -0.393 e. The lowest BCUT2D eigenvalue weighted by molar-refractivity contribution is 0.0816. The van der Waals surface area contributed by atoms with Gasteiger partial charge in [0.1, 0.15) is 0 Å². The van der Waals surface area contributed by atoms with Crippen molar-refractivity contribution in [3.8, 4) is 0 Å². The van der Waals surface area contributed by atoms with Crippen LogP contribution < -0.4 is 0 Å². The third-order valence-corrected chi connectivity index (χ3v) is 2.95. The average molecular weight is 216 g/mol. The number of aliphatic hydroxyl groups is 1. The van der Waals surface area contributed by atoms with E-state index < -0.39 is 0 Å². The lowest BCUT2D eigenvalue weighted by Gasteiger charge is -2.13. The van der Waals surface area contributed by atoms with Crippen molar-refractivity contribution in [2.24, 2.45) is 0 Å². The summed E-state index contributed by atoms with van der Waals surface area (Å²) in [6, 6.07) is 0. The van der Waals surface area contributed by atoms with Crippen LogP contribution in [0.15, 0.2) is 0 Å². The Bertz CT molecular complexity index is 126. The zero-order valence-electron chi connectivity index (χ0n) is 10.7. The van der Waals surface area contributed by atoms with Crippen LogP contribution in [0.2, 0.25) is 0 Å². The van der Waals surface area contributed by atoms with Crippen molar-refractivity contribution in [1.29, 1.82) is 0 Å². The quantitative estimate of drug-likeness (QED) is 0.566. The summed E-state index contributed by atoms with van der Waals surface area (Å²) in [5, 5.41) is 9.69. The van der Waals surface area contributed by atoms with Gasteiger partial charge in [0.05, 0.1) is 12.2 Å². The van der Waals surface area contributed by atoms with Crippen LogP contribution in [0, 0.1) is 0 Å². The molecular weight excluding hydrogens is 188 g/mol. The Morgan fingerprint density at radius 2 is 1.67 bits per heavy atom. The van der Waals surface area contributed by atoms with Crippen LogP contribution in [-0.4, -0.2) is 24.4 Å². The van der Waals surface area contributed by atoms with Crippen molar-refractivity contribution in [3.05, 3.63) is 0 Å². The van der Waals surface area contributed by atoms with Crippen LogP contribution in [0.25, 0.3) is 0 Å². The molecule has 15 heavy (non-hydrogen) atoms. The molecule has 0 radical (unpaired) electrons. The number of hydrogen-bond donors (Lipinski definition) is 1. The van der Waals surface area contributed by atoms with Gasteiger partial charge in [-0.25, -0.2) is 0 Å². The molecule has 1 N–H and O–H groups in total. The second-order valence-electron chi connectivity index (χ2n) is 4.48. The molecule has 0 aromatic rings. The maximum absolute atomic E-state index is 9.69. The molecule has 0 fully saturated rings. The Morgan fingerprint density at radius 1 is 1.00 bits per heavy atom. The molecular formula is C13H28O2. The van der Waals surface area contributed by atoms with Crippen molar-refractivity contribution in [2.45, 2.75) is 77.4 Å². The molecule has 92 valence electrons. The zero-order chi connectivity index (χ0) is 11.5. The summed E-state index contributed by atoms with van der Waals surface area (Å²) in [4.78, 5) is 0. The molecule has 0 amide bonds. The van der Waals surface area contributed by atoms with E-state index in [4.69, 9.17) is 4.74 Å². The molecule has 0 aromatic heterocycles. The van der Waals surface area contributed by atoms with Gasteiger partial charge in [0.2, 0.25) is 0 Å². The van der Waals surface area contributed by atoms with Crippen molar-refractivity contribution in [3.63, 3.8) is 0 Å². The number of methoxy groups -OCH3 is 1. The standard InChI is InChI=1S/C13H28O2/c1-4-5-6-7-8-9-13(14)11-10-12(2)15-3/h12-14H,4-11H2,1-3H3. The molecule has 2 heteroatoms. The van der Waals surface area contributed by atoms with E-state index in [0.717, 1.165) is 19.3 Å². The van der Waals surface area contributed by atoms with E-state index in [1.807, 2.05) is 6.92 Å². The highest BCUT2D eigenvalue weighted by atomic mass is 16.5. The first-order valence-corrected chi connectivity index (χ1v) is 6.41. The predicted molar refractivity (Wildman–Crippen MR) is 65.1 cm³/mol. The first kappa shape index (κ1) is 14.9.